The predicted molar refractivity (Wildman–Crippen MR) is 46.1 cm³/mol. The summed E-state index contributed by atoms with van der Waals surface area (Å²) in [7, 11) is 1.70. The Hall–Kier alpha value is 0.373. The van der Waals surface area contributed by atoms with Crippen LogP contribution in [0, 0.1) is 0 Å². The molecule has 1 rings (SSSR count). The van der Waals surface area contributed by atoms with Crippen LogP contribution in [0.3, 0.4) is 0 Å². The summed E-state index contributed by atoms with van der Waals surface area (Å²) in [5, 5.41) is 1.38. The molecule has 0 atom stereocenters. The summed E-state index contributed by atoms with van der Waals surface area (Å²) < 4.78 is 5.08. The second-order valence-corrected chi connectivity index (χ2v) is 4.29. The van der Waals surface area contributed by atoms with Crippen molar-refractivity contribution in [1.29, 1.82) is 0 Å². The van der Waals surface area contributed by atoms with Crippen molar-refractivity contribution in [2.45, 2.75) is 17.9 Å². The van der Waals surface area contributed by atoms with E-state index in [0.717, 1.165) is 5.75 Å². The molecule has 3 heteroatoms. The summed E-state index contributed by atoms with van der Waals surface area (Å²) in [5.41, 5.74) is 1.42. The molecule has 13 heavy (non-hydrogen) atoms. The summed E-state index contributed by atoms with van der Waals surface area (Å²) >= 11 is 1.41. The Labute approximate surface area is 107 Å². The van der Waals surface area contributed by atoms with Gasteiger partial charge in [-0.1, -0.05) is 0 Å². The van der Waals surface area contributed by atoms with Crippen LogP contribution in [-0.2, 0) is 24.7 Å². The Balaban J connectivity index is 0.00000144. The number of hydrogen-bond acceptors (Lipinski definition) is 1. The minimum atomic E-state index is 0. The van der Waals surface area contributed by atoms with E-state index in [-0.39, 0.29) is 24.0 Å². The molecule has 0 saturated carbocycles. The topological polar surface area (TPSA) is 9.23 Å². The van der Waals surface area contributed by atoms with Crippen LogP contribution in [0.15, 0.2) is 24.3 Å². The first-order valence-electron chi connectivity index (χ1n) is 4.29. The van der Waals surface area contributed by atoms with Crippen molar-refractivity contribution in [1.82, 2.24) is 0 Å². The number of hydrogen-bond donors (Lipinski definition) is 0. The van der Waals surface area contributed by atoms with E-state index in [1.165, 1.54) is 41.7 Å². The first-order chi connectivity index (χ1) is 5.86. The van der Waals surface area contributed by atoms with Crippen molar-refractivity contribution >= 4 is 0 Å². The minimum Gasteiger partial charge on any atom is -1.00 e. The molecule has 0 radical (unpaired) electrons. The standard InChI is InChI=1S/C10H13O.HI.Zn/c1-3-4-9-5-7-10(11-2)8-6-9;;/h5-8H,1,3-4H2,2H3;1H;/q;;+1/p-1. The third-order valence-corrected chi connectivity index (χ3v) is 2.92. The van der Waals surface area contributed by atoms with Gasteiger partial charge in [-0.2, -0.15) is 0 Å². The van der Waals surface area contributed by atoms with Gasteiger partial charge in [-0.3, -0.25) is 0 Å². The van der Waals surface area contributed by atoms with Crippen molar-refractivity contribution < 1.29 is 47.0 Å². The molecule has 0 unspecified atom stereocenters. The van der Waals surface area contributed by atoms with Gasteiger partial charge in [0, 0.05) is 0 Å². The predicted octanol–water partition coefficient (Wildman–Crippen LogP) is -0.403. The van der Waals surface area contributed by atoms with Crippen LogP contribution in [0.4, 0.5) is 0 Å². The molecule has 0 spiro atoms. The van der Waals surface area contributed by atoms with Crippen LogP contribution in [0.5, 0.6) is 5.75 Å². The summed E-state index contributed by atoms with van der Waals surface area (Å²) in [6, 6.07) is 8.35. The zero-order valence-corrected chi connectivity index (χ0v) is 13.0. The van der Waals surface area contributed by atoms with E-state index < -0.39 is 0 Å². The fraction of sp³-hybridized carbons (Fsp3) is 0.400. The van der Waals surface area contributed by atoms with Crippen LogP contribution in [0.25, 0.3) is 0 Å². The fourth-order valence-electron chi connectivity index (χ4n) is 1.12. The zero-order valence-electron chi connectivity index (χ0n) is 7.92. The number of methoxy groups -OCH3 is 1. The monoisotopic (exact) mass is 340 g/mol. The first kappa shape index (κ1) is 13.4. The van der Waals surface area contributed by atoms with E-state index in [1.54, 1.807) is 7.11 Å². The number of halogens is 1. The van der Waals surface area contributed by atoms with Gasteiger partial charge in [-0.05, 0) is 0 Å². The molecule has 0 saturated heterocycles. The molecule has 1 nitrogen and oxygen atoms in total. The third-order valence-electron chi connectivity index (χ3n) is 1.87. The average molecular weight is 342 g/mol. The van der Waals surface area contributed by atoms with Gasteiger partial charge in [0.25, 0.3) is 0 Å². The van der Waals surface area contributed by atoms with Crippen molar-refractivity contribution in [3.8, 4) is 5.75 Å². The zero-order chi connectivity index (χ0) is 8.81. The smallest absolute Gasteiger partial charge is 1.00 e. The van der Waals surface area contributed by atoms with E-state index in [4.69, 9.17) is 4.74 Å². The van der Waals surface area contributed by atoms with E-state index in [9.17, 15) is 0 Å². The molecule has 0 heterocycles. The van der Waals surface area contributed by atoms with Crippen LogP contribution in [0.2, 0.25) is 5.02 Å². The van der Waals surface area contributed by atoms with E-state index >= 15 is 0 Å². The molecule has 0 aliphatic rings. The number of aryl methyl sites for hydroxylation is 1. The van der Waals surface area contributed by atoms with Crippen molar-refractivity contribution in [3.63, 3.8) is 0 Å². The van der Waals surface area contributed by atoms with Gasteiger partial charge in [0.2, 0.25) is 0 Å². The third kappa shape index (κ3) is 4.97. The molecule has 1 aromatic rings. The molecule has 0 aliphatic heterocycles. The van der Waals surface area contributed by atoms with Crippen LogP contribution >= 0.6 is 0 Å². The number of ether oxygens (including phenoxy) is 1. The molecule has 0 aromatic heterocycles. The molecule has 68 valence electrons. The Bertz CT molecular complexity index is 223. The quantitative estimate of drug-likeness (QED) is 0.535. The van der Waals surface area contributed by atoms with Crippen LogP contribution in [0.1, 0.15) is 12.0 Å². The molecular weight excluding hydrogens is 328 g/mol. The second-order valence-electron chi connectivity index (χ2n) is 2.81. The summed E-state index contributed by atoms with van der Waals surface area (Å²) in [4.78, 5) is 0. The van der Waals surface area contributed by atoms with Gasteiger partial charge in [-0.25, -0.2) is 0 Å². The molecule has 0 amide bonds. The Morgan fingerprint density at radius 3 is 2.31 bits per heavy atom. The van der Waals surface area contributed by atoms with Gasteiger partial charge < -0.3 is 24.0 Å². The molecule has 0 fully saturated rings. The molecule has 0 bridgehead atoms. The molecular formula is C10H13IOZn. The maximum atomic E-state index is 5.08. The molecule has 1 aromatic carbocycles. The van der Waals surface area contributed by atoms with Gasteiger partial charge >= 0.3 is 83.6 Å². The Kier molecular flexibility index (Phi) is 7.97. The number of benzene rings is 1. The summed E-state index contributed by atoms with van der Waals surface area (Å²) in [6.07, 6.45) is 2.54. The largest absolute Gasteiger partial charge is 1.00 e. The maximum absolute atomic E-state index is 5.08. The summed E-state index contributed by atoms with van der Waals surface area (Å²) in [5.74, 6) is 0.948. The number of rotatable bonds is 4. The average Bonchev–Trinajstić information content (AvgIpc) is 2.15. The van der Waals surface area contributed by atoms with Crippen molar-refractivity contribution in [2.24, 2.45) is 0 Å². The molecule has 0 aliphatic carbocycles. The second kappa shape index (κ2) is 7.75. The first-order valence-corrected chi connectivity index (χ1v) is 6.39. The van der Waals surface area contributed by atoms with Gasteiger partial charge in [0.1, 0.15) is 0 Å². The van der Waals surface area contributed by atoms with Crippen molar-refractivity contribution in [3.05, 3.63) is 29.8 Å². The van der Waals surface area contributed by atoms with Gasteiger partial charge in [0.05, 0.1) is 0 Å². The van der Waals surface area contributed by atoms with E-state index in [2.05, 4.69) is 12.1 Å². The maximum Gasteiger partial charge on any atom is -1.00 e. The Morgan fingerprint density at radius 1 is 1.23 bits per heavy atom. The van der Waals surface area contributed by atoms with Crippen LogP contribution < -0.4 is 28.7 Å². The van der Waals surface area contributed by atoms with Gasteiger partial charge in [0.15, 0.2) is 0 Å². The minimum absolute atomic E-state index is 0. The van der Waals surface area contributed by atoms with Crippen molar-refractivity contribution in [2.75, 3.05) is 7.11 Å². The molecule has 0 N–H and O–H groups in total. The van der Waals surface area contributed by atoms with Gasteiger partial charge in [-0.15, -0.1) is 0 Å². The summed E-state index contributed by atoms with van der Waals surface area (Å²) in [6.45, 7) is 0. The fourth-order valence-corrected chi connectivity index (χ4v) is 1.65. The Morgan fingerprint density at radius 2 is 1.85 bits per heavy atom. The normalized spacial score (nSPS) is 9.15. The van der Waals surface area contributed by atoms with Crippen LogP contribution in [-0.4, -0.2) is 7.11 Å². The van der Waals surface area contributed by atoms with E-state index in [1.807, 2.05) is 12.1 Å². The SMILES string of the molecule is COc1ccc(CC[CH2][Zn+])cc1.[I-]. The van der Waals surface area contributed by atoms with E-state index in [0.29, 0.717) is 0 Å².